The molecule has 0 N–H and O–H groups in total. The van der Waals surface area contributed by atoms with Gasteiger partial charge in [0.2, 0.25) is 0 Å². The van der Waals surface area contributed by atoms with E-state index in [1.807, 2.05) is 65.4 Å². The summed E-state index contributed by atoms with van der Waals surface area (Å²) in [6.45, 7) is 0. The summed E-state index contributed by atoms with van der Waals surface area (Å²) in [4.78, 5) is 34.4. The molecule has 5 aromatic rings. The van der Waals surface area contributed by atoms with Crippen LogP contribution in [0.2, 0.25) is 0 Å². The molecule has 6 rings (SSSR count). The van der Waals surface area contributed by atoms with Crippen molar-refractivity contribution >= 4 is 54.0 Å². The molecule has 0 bridgehead atoms. The van der Waals surface area contributed by atoms with Crippen LogP contribution in [0.25, 0.3) is 32.4 Å². The van der Waals surface area contributed by atoms with Gasteiger partial charge in [-0.2, -0.15) is 0 Å². The van der Waals surface area contributed by atoms with E-state index in [1.54, 1.807) is 12.3 Å². The molecule has 0 saturated heterocycles. The Bertz CT molecular complexity index is 1480. The van der Waals surface area contributed by atoms with Crippen molar-refractivity contribution in [2.45, 2.75) is 0 Å². The van der Waals surface area contributed by atoms with Gasteiger partial charge < -0.3 is 0 Å². The summed E-state index contributed by atoms with van der Waals surface area (Å²) in [5.74, 6) is -0.380. The van der Waals surface area contributed by atoms with Crippen LogP contribution in [-0.4, -0.2) is 40.6 Å². The number of hydrogen-bond acceptors (Lipinski definition) is 4. The first kappa shape index (κ1) is 17.3. The Kier molecular flexibility index (Phi) is 3.72. The normalized spacial score (nSPS) is 13.4. The summed E-state index contributed by atoms with van der Waals surface area (Å²) in [5.41, 5.74) is 2.10. The van der Waals surface area contributed by atoms with Gasteiger partial charge in [0.25, 0.3) is 0 Å². The number of benzene rings is 2. The van der Waals surface area contributed by atoms with Crippen molar-refractivity contribution in [3.63, 3.8) is 0 Å². The quantitative estimate of drug-likeness (QED) is 0.229. The third-order valence-electron chi connectivity index (χ3n) is 5.35. The van der Waals surface area contributed by atoms with Gasteiger partial charge in [0.15, 0.2) is 0 Å². The van der Waals surface area contributed by atoms with E-state index in [2.05, 4.69) is 9.97 Å². The van der Waals surface area contributed by atoms with Crippen LogP contribution in [0.3, 0.4) is 0 Å². The molecule has 3 aromatic heterocycles. The van der Waals surface area contributed by atoms with Gasteiger partial charge in [-0.25, -0.2) is 0 Å². The fourth-order valence-electron chi connectivity index (χ4n) is 3.89. The van der Waals surface area contributed by atoms with E-state index < -0.39 is 0 Å². The van der Waals surface area contributed by atoms with Crippen molar-refractivity contribution in [1.29, 1.82) is 0 Å². The molecule has 3 heterocycles. The summed E-state index contributed by atoms with van der Waals surface area (Å²) < 4.78 is 4.13. The van der Waals surface area contributed by atoms with Gasteiger partial charge in [0, 0.05) is 0 Å². The Morgan fingerprint density at radius 3 is 2.33 bits per heavy atom. The first-order valence-corrected chi connectivity index (χ1v) is 11.1. The van der Waals surface area contributed by atoms with Crippen LogP contribution in [0, 0.1) is 0 Å². The second-order valence-electron chi connectivity index (χ2n) is 7.12. The topological polar surface area (TPSA) is 64.8 Å². The molecular weight excluding hydrogens is 441 g/mol. The first-order chi connectivity index (χ1) is 14.7. The van der Waals surface area contributed by atoms with E-state index in [9.17, 15) is 9.59 Å². The van der Waals surface area contributed by atoms with Gasteiger partial charge >= 0.3 is 177 Å². The third-order valence-corrected chi connectivity index (χ3v) is 7.52. The Morgan fingerprint density at radius 1 is 0.867 bits per heavy atom. The fourth-order valence-corrected chi connectivity index (χ4v) is 5.85. The number of Topliss-reactive ketones (excluding diaryl/α,β-unsaturated/α-hetero) is 2. The average molecular weight is 454 g/mol. The number of carbonyl (C=O) groups is 2. The Balaban J connectivity index is 1.41. The van der Waals surface area contributed by atoms with Gasteiger partial charge in [-0.05, 0) is 0 Å². The van der Waals surface area contributed by atoms with E-state index in [4.69, 9.17) is 0 Å². The number of nitrogens with zero attached hydrogens (tertiary/aromatic N) is 3. The van der Waals surface area contributed by atoms with Gasteiger partial charge in [-0.1, -0.05) is 0 Å². The number of allylic oxidation sites excluding steroid dienone is 1. The van der Waals surface area contributed by atoms with Crippen LogP contribution >= 0.6 is 0 Å². The summed E-state index contributed by atoms with van der Waals surface area (Å²) in [5, 5.41) is 2.91. The van der Waals surface area contributed by atoms with Crippen LogP contribution in [0.1, 0.15) is 25.2 Å². The molecule has 142 valence electrons. The third kappa shape index (κ3) is 2.55. The van der Waals surface area contributed by atoms with Crippen molar-refractivity contribution < 1.29 is 9.59 Å². The van der Waals surface area contributed by atoms with Gasteiger partial charge in [0.1, 0.15) is 0 Å². The molecule has 1 aliphatic rings. The van der Waals surface area contributed by atoms with Crippen molar-refractivity contribution in [1.82, 2.24) is 14.5 Å². The van der Waals surface area contributed by atoms with E-state index in [0.717, 1.165) is 30.8 Å². The minimum atomic E-state index is -0.190. The first-order valence-electron chi connectivity index (χ1n) is 9.40. The number of rotatable bonds is 2. The molecule has 5 nitrogen and oxygen atoms in total. The number of carbonyl (C=O) groups excluding carboxylic acids is 2. The van der Waals surface area contributed by atoms with E-state index in [1.165, 1.54) is 6.33 Å². The fraction of sp³-hybridized carbons (Fsp3) is 0. The molecule has 1 aliphatic carbocycles. The SMILES string of the molecule is O=C1C(=Cc2ccc(-n3ccc4cncnc43)[se]2)C(=O)c2cc3ccccc3cc21. The Labute approximate surface area is 177 Å². The molecule has 30 heavy (non-hydrogen) atoms. The van der Waals surface area contributed by atoms with Crippen LogP contribution in [-0.2, 0) is 0 Å². The Hall–Kier alpha value is -3.60. The van der Waals surface area contributed by atoms with Gasteiger partial charge in [-0.3, -0.25) is 0 Å². The van der Waals surface area contributed by atoms with E-state index >= 15 is 0 Å². The summed E-state index contributed by atoms with van der Waals surface area (Å²) >= 11 is -0.0378. The molecule has 0 fully saturated rings. The average Bonchev–Trinajstić information content (AvgIpc) is 3.47. The van der Waals surface area contributed by atoms with Crippen molar-refractivity contribution in [3.05, 3.63) is 94.5 Å². The molecule has 6 heteroatoms. The van der Waals surface area contributed by atoms with Crippen LogP contribution in [0.4, 0.5) is 0 Å². The van der Waals surface area contributed by atoms with Crippen LogP contribution in [0.5, 0.6) is 0 Å². The standard InChI is InChI=1S/C24H13N3O2Se/c28-22-18-9-14-3-1-2-4-15(14)10-19(18)23(29)20(22)11-17-5-6-21(30-17)27-8-7-16-12-25-13-26-24(16)27/h1-13H. The molecular formula is C24H13N3O2Se. The van der Waals surface area contributed by atoms with Crippen molar-refractivity contribution in [2.75, 3.05) is 0 Å². The second kappa shape index (κ2) is 6.46. The molecule has 0 unspecified atom stereocenters. The monoisotopic (exact) mass is 455 g/mol. The predicted molar refractivity (Wildman–Crippen MR) is 116 cm³/mol. The van der Waals surface area contributed by atoms with E-state index in [-0.39, 0.29) is 31.6 Å². The molecule has 0 atom stereocenters. The van der Waals surface area contributed by atoms with E-state index in [0.29, 0.717) is 11.1 Å². The summed E-state index contributed by atoms with van der Waals surface area (Å²) in [7, 11) is 0. The zero-order chi connectivity index (χ0) is 20.2. The Morgan fingerprint density at radius 2 is 1.60 bits per heavy atom. The number of ketones is 2. The zero-order valence-electron chi connectivity index (χ0n) is 15.6. The molecule has 0 saturated carbocycles. The van der Waals surface area contributed by atoms with Crippen molar-refractivity contribution in [3.8, 4) is 4.56 Å². The van der Waals surface area contributed by atoms with Gasteiger partial charge in [0.05, 0.1) is 0 Å². The minimum absolute atomic E-state index is 0.0378. The van der Waals surface area contributed by atoms with Gasteiger partial charge in [-0.15, -0.1) is 0 Å². The predicted octanol–water partition coefficient (Wildman–Crippen LogP) is 4.09. The zero-order valence-corrected chi connectivity index (χ0v) is 17.3. The maximum atomic E-state index is 13.0. The second-order valence-corrected chi connectivity index (χ2v) is 9.42. The number of fused-ring (bicyclic) bond motifs is 3. The van der Waals surface area contributed by atoms with Crippen LogP contribution in [0.15, 0.2) is 78.9 Å². The molecule has 0 radical (unpaired) electrons. The molecule has 0 spiro atoms. The maximum absolute atomic E-state index is 13.0. The van der Waals surface area contributed by atoms with Crippen LogP contribution < -0.4 is 0 Å². The van der Waals surface area contributed by atoms with Crippen molar-refractivity contribution in [2.24, 2.45) is 0 Å². The number of hydrogen-bond donors (Lipinski definition) is 0. The summed E-state index contributed by atoms with van der Waals surface area (Å²) in [6, 6.07) is 17.4. The molecule has 0 amide bonds. The molecule has 0 aliphatic heterocycles. The molecule has 2 aromatic carbocycles. The number of aromatic nitrogens is 3. The summed E-state index contributed by atoms with van der Waals surface area (Å²) in [6.07, 6.45) is 7.06.